The zero-order valence-electron chi connectivity index (χ0n) is 16.1. The number of nitrogens with zero attached hydrogens (tertiary/aromatic N) is 1. The van der Waals surface area contributed by atoms with Crippen molar-refractivity contribution in [3.05, 3.63) is 58.6 Å². The van der Waals surface area contributed by atoms with Gasteiger partial charge in [-0.1, -0.05) is 29.8 Å². The normalized spacial score (nSPS) is 18.4. The van der Waals surface area contributed by atoms with Gasteiger partial charge < -0.3 is 14.8 Å². The Morgan fingerprint density at radius 3 is 2.72 bits per heavy atom. The summed E-state index contributed by atoms with van der Waals surface area (Å²) >= 11 is 6.03. The van der Waals surface area contributed by atoms with Crippen LogP contribution >= 0.6 is 11.6 Å². The van der Waals surface area contributed by atoms with Gasteiger partial charge in [-0.05, 0) is 49.2 Å². The molecule has 0 spiro atoms. The molecule has 1 aliphatic rings. The van der Waals surface area contributed by atoms with Crippen LogP contribution in [0.4, 0.5) is 4.79 Å². The molecule has 1 saturated heterocycles. The smallest absolute Gasteiger partial charge is 0.344 e. The number of hydrogen-bond donors (Lipinski definition) is 2. The molecule has 1 fully saturated rings. The first-order valence-electron chi connectivity index (χ1n) is 8.74. The molecule has 0 saturated carbocycles. The highest BCUT2D eigenvalue weighted by Crippen LogP contribution is 2.30. The van der Waals surface area contributed by atoms with Gasteiger partial charge in [0.15, 0.2) is 6.61 Å². The Labute approximate surface area is 172 Å². The van der Waals surface area contributed by atoms with E-state index in [-0.39, 0.29) is 0 Å². The van der Waals surface area contributed by atoms with Crippen molar-refractivity contribution < 1.29 is 23.9 Å². The maximum absolute atomic E-state index is 12.9. The summed E-state index contributed by atoms with van der Waals surface area (Å²) in [6.07, 6.45) is 0. The molecule has 0 unspecified atom stereocenters. The van der Waals surface area contributed by atoms with Gasteiger partial charge in [0.05, 0.1) is 12.1 Å². The molecular weight excluding hydrogens is 398 g/mol. The van der Waals surface area contributed by atoms with Crippen molar-refractivity contribution in [3.63, 3.8) is 0 Å². The van der Waals surface area contributed by atoms with E-state index in [9.17, 15) is 14.4 Å². The lowest BCUT2D eigenvalue weighted by Crippen LogP contribution is -2.49. The molecule has 0 bridgehead atoms. The molecule has 1 aliphatic heterocycles. The van der Waals surface area contributed by atoms with Crippen molar-refractivity contribution in [3.8, 4) is 11.5 Å². The quantitative estimate of drug-likeness (QED) is 0.704. The standard InChI is InChI=1S/C20H20ClN3O5/c1-12-7-8-15(21)16(9-12)29-11-17(25)23-24-18(26)20(2,22-19(24)27)13-5-4-6-14(10-13)28-3/h4-10H,11H2,1-3H3,(H,22,27)(H,23,25)/t20-/m1/s1. The van der Waals surface area contributed by atoms with Crippen molar-refractivity contribution >= 4 is 29.4 Å². The number of hydrazine groups is 1. The minimum absolute atomic E-state index is 0.334. The Hall–Kier alpha value is -3.26. The number of urea groups is 1. The van der Waals surface area contributed by atoms with Crippen LogP contribution in [0, 0.1) is 6.92 Å². The average molecular weight is 418 g/mol. The van der Waals surface area contributed by atoms with Crippen LogP contribution in [0.3, 0.4) is 0 Å². The Morgan fingerprint density at radius 1 is 1.24 bits per heavy atom. The predicted molar refractivity (Wildman–Crippen MR) is 106 cm³/mol. The molecule has 0 radical (unpaired) electrons. The summed E-state index contributed by atoms with van der Waals surface area (Å²) in [6, 6.07) is 11.2. The third-order valence-electron chi connectivity index (χ3n) is 4.52. The van der Waals surface area contributed by atoms with E-state index in [0.717, 1.165) is 5.56 Å². The maximum atomic E-state index is 12.9. The maximum Gasteiger partial charge on any atom is 0.344 e. The van der Waals surface area contributed by atoms with E-state index < -0.39 is 30.0 Å². The topological polar surface area (TPSA) is 97.0 Å². The third kappa shape index (κ3) is 4.12. The van der Waals surface area contributed by atoms with Gasteiger partial charge in [-0.15, -0.1) is 0 Å². The molecule has 2 N–H and O–H groups in total. The van der Waals surface area contributed by atoms with Gasteiger partial charge in [0.2, 0.25) is 0 Å². The number of nitrogens with one attached hydrogen (secondary N) is 2. The van der Waals surface area contributed by atoms with Gasteiger partial charge in [0.1, 0.15) is 17.0 Å². The fourth-order valence-electron chi connectivity index (χ4n) is 2.89. The number of methoxy groups -OCH3 is 1. The van der Waals surface area contributed by atoms with E-state index in [0.29, 0.717) is 27.1 Å². The fourth-order valence-corrected chi connectivity index (χ4v) is 3.06. The molecule has 0 aromatic heterocycles. The van der Waals surface area contributed by atoms with Crippen molar-refractivity contribution in [1.82, 2.24) is 15.8 Å². The van der Waals surface area contributed by atoms with Gasteiger partial charge in [0.25, 0.3) is 11.8 Å². The largest absolute Gasteiger partial charge is 0.497 e. The minimum atomic E-state index is -1.35. The number of amides is 4. The number of aryl methyl sites for hydroxylation is 1. The van der Waals surface area contributed by atoms with Crippen LogP contribution < -0.4 is 20.2 Å². The number of rotatable bonds is 6. The minimum Gasteiger partial charge on any atom is -0.497 e. The van der Waals surface area contributed by atoms with Crippen molar-refractivity contribution in [2.24, 2.45) is 0 Å². The van der Waals surface area contributed by atoms with E-state index in [2.05, 4.69) is 10.7 Å². The summed E-state index contributed by atoms with van der Waals surface area (Å²) < 4.78 is 10.6. The molecule has 152 valence electrons. The highest BCUT2D eigenvalue weighted by molar-refractivity contribution is 6.32. The van der Waals surface area contributed by atoms with Crippen LogP contribution in [0.1, 0.15) is 18.1 Å². The van der Waals surface area contributed by atoms with Gasteiger partial charge in [-0.25, -0.2) is 4.79 Å². The van der Waals surface area contributed by atoms with Gasteiger partial charge >= 0.3 is 6.03 Å². The van der Waals surface area contributed by atoms with Gasteiger partial charge in [0, 0.05) is 0 Å². The number of carbonyl (C=O) groups is 3. The molecule has 1 heterocycles. The Balaban J connectivity index is 1.69. The monoisotopic (exact) mass is 417 g/mol. The number of ether oxygens (including phenoxy) is 2. The highest BCUT2D eigenvalue weighted by atomic mass is 35.5. The summed E-state index contributed by atoms with van der Waals surface area (Å²) in [6.45, 7) is 2.99. The summed E-state index contributed by atoms with van der Waals surface area (Å²) in [5, 5.41) is 3.59. The van der Waals surface area contributed by atoms with Crippen molar-refractivity contribution in [1.29, 1.82) is 0 Å². The Morgan fingerprint density at radius 2 is 2.00 bits per heavy atom. The zero-order valence-corrected chi connectivity index (χ0v) is 16.9. The van der Waals surface area contributed by atoms with Gasteiger partial charge in [-0.2, -0.15) is 5.01 Å². The van der Waals surface area contributed by atoms with E-state index in [1.807, 2.05) is 13.0 Å². The molecule has 2 aromatic rings. The van der Waals surface area contributed by atoms with Crippen LogP contribution in [0.15, 0.2) is 42.5 Å². The highest BCUT2D eigenvalue weighted by Gasteiger charge is 2.50. The SMILES string of the molecule is COc1cccc([C@@]2(C)NC(=O)N(NC(=O)COc3cc(C)ccc3Cl)C2=O)c1. The number of halogens is 1. The Bertz CT molecular complexity index is 980. The number of carbonyl (C=O) groups excluding carboxylic acids is 3. The first kappa shape index (κ1) is 20.5. The van der Waals surface area contributed by atoms with Crippen molar-refractivity contribution in [2.45, 2.75) is 19.4 Å². The molecule has 9 heteroatoms. The van der Waals surface area contributed by atoms with E-state index in [4.69, 9.17) is 21.1 Å². The molecule has 0 aliphatic carbocycles. The van der Waals surface area contributed by atoms with Crippen LogP contribution in [0.5, 0.6) is 11.5 Å². The molecular formula is C20H20ClN3O5. The second-order valence-electron chi connectivity index (χ2n) is 6.69. The summed E-state index contributed by atoms with van der Waals surface area (Å²) in [5.41, 5.74) is 2.36. The predicted octanol–water partition coefficient (Wildman–Crippen LogP) is 2.53. The summed E-state index contributed by atoms with van der Waals surface area (Å²) in [7, 11) is 1.50. The summed E-state index contributed by atoms with van der Waals surface area (Å²) in [4.78, 5) is 37.4. The molecule has 8 nitrogen and oxygen atoms in total. The number of hydrogen-bond acceptors (Lipinski definition) is 5. The van der Waals surface area contributed by atoms with E-state index in [1.165, 1.54) is 7.11 Å². The van der Waals surface area contributed by atoms with Crippen LogP contribution in [-0.4, -0.2) is 36.6 Å². The second kappa shape index (κ2) is 8.00. The lowest BCUT2D eigenvalue weighted by atomic mass is 9.92. The first-order valence-corrected chi connectivity index (χ1v) is 9.12. The second-order valence-corrected chi connectivity index (χ2v) is 7.09. The zero-order chi connectivity index (χ0) is 21.2. The third-order valence-corrected chi connectivity index (χ3v) is 4.83. The number of imide groups is 1. The van der Waals surface area contributed by atoms with E-state index >= 15 is 0 Å². The molecule has 29 heavy (non-hydrogen) atoms. The van der Waals surface area contributed by atoms with Crippen LogP contribution in [0.25, 0.3) is 0 Å². The summed E-state index contributed by atoms with van der Waals surface area (Å²) in [5.74, 6) is -0.435. The first-order chi connectivity index (χ1) is 13.7. The fraction of sp³-hybridized carbons (Fsp3) is 0.250. The lowest BCUT2D eigenvalue weighted by molar-refractivity contribution is -0.139. The van der Waals surface area contributed by atoms with Crippen LogP contribution in [0.2, 0.25) is 5.02 Å². The lowest BCUT2D eigenvalue weighted by Gasteiger charge is -2.22. The average Bonchev–Trinajstić information content (AvgIpc) is 2.92. The molecule has 1 atom stereocenters. The van der Waals surface area contributed by atoms with E-state index in [1.54, 1.807) is 43.3 Å². The molecule has 4 amide bonds. The number of benzene rings is 2. The van der Waals surface area contributed by atoms with Crippen molar-refractivity contribution in [2.75, 3.05) is 13.7 Å². The molecule has 3 rings (SSSR count). The van der Waals surface area contributed by atoms with Gasteiger partial charge in [-0.3, -0.25) is 15.0 Å². The van der Waals surface area contributed by atoms with Crippen LogP contribution in [-0.2, 0) is 15.1 Å². The Kier molecular flexibility index (Phi) is 5.65. The molecule has 2 aromatic carbocycles.